The fourth-order valence-electron chi connectivity index (χ4n) is 0.813. The summed E-state index contributed by atoms with van der Waals surface area (Å²) in [5.74, 6) is 0. The SMILES string of the molecule is CC(C)(C)NC(=O)NN(C#N)C(C)(C)C. The zero-order valence-electron chi connectivity index (χ0n) is 10.3. The van der Waals surface area contributed by atoms with Crippen LogP contribution in [0.15, 0.2) is 0 Å². The van der Waals surface area contributed by atoms with Gasteiger partial charge in [-0.25, -0.2) is 15.2 Å². The minimum atomic E-state index is -0.427. The van der Waals surface area contributed by atoms with Crippen LogP contribution in [0, 0.1) is 11.5 Å². The summed E-state index contributed by atoms with van der Waals surface area (Å²) in [7, 11) is 0. The standard InChI is InChI=1S/C10H20N4O/c1-9(2,3)12-8(15)13-14(7-11)10(4,5)6/h1-6H3,(H2,12,13,15). The summed E-state index contributed by atoms with van der Waals surface area (Å²) < 4.78 is 0. The molecule has 0 unspecified atom stereocenters. The van der Waals surface area contributed by atoms with Crippen molar-refractivity contribution in [1.82, 2.24) is 15.8 Å². The number of nitrogens with zero attached hydrogens (tertiary/aromatic N) is 2. The predicted octanol–water partition coefficient (Wildman–Crippen LogP) is 1.58. The third-order valence-corrected chi connectivity index (χ3v) is 1.47. The quantitative estimate of drug-likeness (QED) is 0.394. The molecule has 0 aliphatic heterocycles. The first kappa shape index (κ1) is 13.6. The molecule has 0 aliphatic rings. The van der Waals surface area contributed by atoms with Gasteiger partial charge < -0.3 is 5.32 Å². The molecule has 0 aromatic rings. The molecule has 5 heteroatoms. The van der Waals surface area contributed by atoms with Crippen LogP contribution >= 0.6 is 0 Å². The van der Waals surface area contributed by atoms with Gasteiger partial charge in [0, 0.05) is 5.54 Å². The summed E-state index contributed by atoms with van der Waals surface area (Å²) in [6, 6.07) is -0.376. The average molecular weight is 212 g/mol. The molecule has 0 rings (SSSR count). The van der Waals surface area contributed by atoms with Gasteiger partial charge in [-0.2, -0.15) is 5.26 Å². The van der Waals surface area contributed by atoms with Crippen LogP contribution in [0.1, 0.15) is 41.5 Å². The van der Waals surface area contributed by atoms with Crippen LogP contribution in [0.5, 0.6) is 0 Å². The Morgan fingerprint density at radius 2 is 1.67 bits per heavy atom. The van der Waals surface area contributed by atoms with Crippen molar-refractivity contribution >= 4 is 6.03 Å². The monoisotopic (exact) mass is 212 g/mol. The van der Waals surface area contributed by atoms with Gasteiger partial charge in [0.2, 0.25) is 6.19 Å². The number of carbonyl (C=O) groups is 1. The zero-order valence-corrected chi connectivity index (χ0v) is 10.3. The van der Waals surface area contributed by atoms with Gasteiger partial charge in [-0.05, 0) is 41.5 Å². The number of hydrogen-bond acceptors (Lipinski definition) is 3. The van der Waals surface area contributed by atoms with Gasteiger partial charge in [-0.3, -0.25) is 0 Å². The lowest BCUT2D eigenvalue weighted by atomic mass is 10.1. The van der Waals surface area contributed by atoms with E-state index in [2.05, 4.69) is 10.7 Å². The van der Waals surface area contributed by atoms with Gasteiger partial charge in [0.1, 0.15) is 0 Å². The highest BCUT2D eigenvalue weighted by Crippen LogP contribution is 2.08. The number of hydrazine groups is 1. The van der Waals surface area contributed by atoms with Gasteiger partial charge in [0.15, 0.2) is 0 Å². The van der Waals surface area contributed by atoms with Crippen molar-refractivity contribution in [2.75, 3.05) is 0 Å². The number of urea groups is 1. The summed E-state index contributed by atoms with van der Waals surface area (Å²) in [6.07, 6.45) is 1.92. The van der Waals surface area contributed by atoms with Gasteiger partial charge in [0.05, 0.1) is 5.54 Å². The number of amides is 2. The first-order valence-electron chi connectivity index (χ1n) is 4.85. The fourth-order valence-corrected chi connectivity index (χ4v) is 0.813. The van der Waals surface area contributed by atoms with Crippen molar-refractivity contribution in [3.63, 3.8) is 0 Å². The largest absolute Gasteiger partial charge is 0.334 e. The fraction of sp³-hybridized carbons (Fsp3) is 0.800. The third kappa shape index (κ3) is 5.78. The van der Waals surface area contributed by atoms with Crippen LogP contribution in [0.3, 0.4) is 0 Å². The predicted molar refractivity (Wildman–Crippen MR) is 58.6 cm³/mol. The Balaban J connectivity index is 4.36. The maximum absolute atomic E-state index is 11.5. The summed E-state index contributed by atoms with van der Waals surface area (Å²) in [4.78, 5) is 11.5. The summed E-state index contributed by atoms with van der Waals surface area (Å²) in [5.41, 5.74) is 1.74. The molecule has 0 saturated heterocycles. The highest BCUT2D eigenvalue weighted by Gasteiger charge is 2.23. The van der Waals surface area contributed by atoms with Crippen molar-refractivity contribution in [3.8, 4) is 6.19 Å². The van der Waals surface area contributed by atoms with Crippen LogP contribution in [0.4, 0.5) is 4.79 Å². The molecule has 86 valence electrons. The summed E-state index contributed by atoms with van der Waals surface area (Å²) in [5, 5.41) is 12.8. The Morgan fingerprint density at radius 3 is 1.93 bits per heavy atom. The number of carbonyl (C=O) groups excluding carboxylic acids is 1. The molecule has 2 amide bonds. The van der Waals surface area contributed by atoms with E-state index in [1.807, 2.05) is 47.7 Å². The molecule has 15 heavy (non-hydrogen) atoms. The minimum Gasteiger partial charge on any atom is -0.332 e. The molecule has 5 nitrogen and oxygen atoms in total. The Labute approximate surface area is 91.4 Å². The second kappa shape index (κ2) is 4.39. The summed E-state index contributed by atoms with van der Waals surface area (Å²) >= 11 is 0. The average Bonchev–Trinajstić information content (AvgIpc) is 1.94. The van der Waals surface area contributed by atoms with E-state index in [9.17, 15) is 4.79 Å². The van der Waals surface area contributed by atoms with E-state index in [4.69, 9.17) is 5.26 Å². The molecule has 0 radical (unpaired) electrons. The molecule has 0 heterocycles. The Bertz CT molecular complexity index is 267. The van der Waals surface area contributed by atoms with Gasteiger partial charge >= 0.3 is 6.03 Å². The molecule has 2 N–H and O–H groups in total. The van der Waals surface area contributed by atoms with Gasteiger partial charge in [-0.15, -0.1) is 0 Å². The van der Waals surface area contributed by atoms with Gasteiger partial charge in [0.25, 0.3) is 0 Å². The second-order valence-electron chi connectivity index (χ2n) is 5.42. The molecular weight excluding hydrogens is 192 g/mol. The van der Waals surface area contributed by atoms with E-state index in [1.165, 1.54) is 5.01 Å². The third-order valence-electron chi connectivity index (χ3n) is 1.47. The normalized spacial score (nSPS) is 11.5. The Hall–Kier alpha value is -1.44. The topological polar surface area (TPSA) is 68.2 Å². The summed E-state index contributed by atoms with van der Waals surface area (Å²) in [6.45, 7) is 11.1. The molecule has 0 aromatic heterocycles. The number of nitriles is 1. The van der Waals surface area contributed by atoms with Gasteiger partial charge in [-0.1, -0.05) is 0 Å². The molecule has 0 saturated carbocycles. The molecule has 0 fully saturated rings. The lowest BCUT2D eigenvalue weighted by molar-refractivity contribution is 0.145. The second-order valence-corrected chi connectivity index (χ2v) is 5.42. The number of hydrogen-bond donors (Lipinski definition) is 2. The van der Waals surface area contributed by atoms with Crippen molar-refractivity contribution in [3.05, 3.63) is 0 Å². The first-order valence-corrected chi connectivity index (χ1v) is 4.85. The van der Waals surface area contributed by atoms with E-state index in [0.29, 0.717) is 0 Å². The van der Waals surface area contributed by atoms with Crippen LogP contribution in [-0.2, 0) is 0 Å². The van der Waals surface area contributed by atoms with E-state index in [-0.39, 0.29) is 11.6 Å². The highest BCUT2D eigenvalue weighted by atomic mass is 16.2. The van der Waals surface area contributed by atoms with Crippen molar-refractivity contribution in [1.29, 1.82) is 5.26 Å². The van der Waals surface area contributed by atoms with Crippen LogP contribution in [-0.4, -0.2) is 22.1 Å². The minimum absolute atomic E-state index is 0.316. The van der Waals surface area contributed by atoms with Crippen LogP contribution in [0.25, 0.3) is 0 Å². The Morgan fingerprint density at radius 1 is 1.20 bits per heavy atom. The van der Waals surface area contributed by atoms with E-state index < -0.39 is 5.54 Å². The molecule has 0 aliphatic carbocycles. The molecule has 0 aromatic carbocycles. The maximum Gasteiger partial charge on any atom is 0.334 e. The lowest BCUT2D eigenvalue weighted by Crippen LogP contribution is -2.56. The first-order chi connectivity index (χ1) is 6.56. The van der Waals surface area contributed by atoms with E-state index >= 15 is 0 Å². The maximum atomic E-state index is 11.5. The molecular formula is C10H20N4O. The van der Waals surface area contributed by atoms with Crippen LogP contribution in [0.2, 0.25) is 0 Å². The number of rotatable bonds is 1. The molecule has 0 bridgehead atoms. The van der Waals surface area contributed by atoms with E-state index in [1.54, 1.807) is 0 Å². The van der Waals surface area contributed by atoms with Crippen molar-refractivity contribution < 1.29 is 4.79 Å². The molecule has 0 spiro atoms. The zero-order chi connectivity index (χ0) is 12.3. The highest BCUT2D eigenvalue weighted by molar-refractivity contribution is 5.74. The van der Waals surface area contributed by atoms with Crippen molar-refractivity contribution in [2.45, 2.75) is 52.6 Å². The van der Waals surface area contributed by atoms with E-state index in [0.717, 1.165) is 0 Å². The molecule has 0 atom stereocenters. The van der Waals surface area contributed by atoms with Crippen LogP contribution < -0.4 is 10.7 Å². The number of nitrogens with one attached hydrogen (secondary N) is 2. The van der Waals surface area contributed by atoms with Crippen molar-refractivity contribution in [2.24, 2.45) is 0 Å². The lowest BCUT2D eigenvalue weighted by Gasteiger charge is -2.31. The smallest absolute Gasteiger partial charge is 0.332 e. The Kier molecular flexibility index (Phi) is 3.97.